The third-order valence-corrected chi connectivity index (χ3v) is 1.91. The van der Waals surface area contributed by atoms with Gasteiger partial charge in [0.25, 0.3) is 0 Å². The van der Waals surface area contributed by atoms with Crippen LogP contribution in [0, 0.1) is 0 Å². The Labute approximate surface area is 107 Å². The number of carboxylic acid groups (broad SMARTS) is 1. The van der Waals surface area contributed by atoms with Crippen molar-refractivity contribution in [2.24, 2.45) is 0 Å². The number of hydrogen-bond acceptors (Lipinski definition) is 3. The number of rotatable bonds is 5. The molecule has 0 aliphatic carbocycles. The zero-order chi connectivity index (χ0) is 13.8. The van der Waals surface area contributed by atoms with Crippen LogP contribution in [0.3, 0.4) is 0 Å². The van der Waals surface area contributed by atoms with Gasteiger partial charge in [-0.05, 0) is 11.6 Å². The second-order valence-electron chi connectivity index (χ2n) is 3.33. The fourth-order valence-electron chi connectivity index (χ4n) is 0.953. The first kappa shape index (κ1) is 15.9. The smallest absolute Gasteiger partial charge is 0.331 e. The zero-order valence-corrected chi connectivity index (χ0v) is 10.4. The number of methoxy groups -OCH3 is 1. The third-order valence-electron chi connectivity index (χ3n) is 1.91. The Hall–Kier alpha value is -2.07. The Morgan fingerprint density at radius 1 is 1.39 bits per heavy atom. The van der Waals surface area contributed by atoms with Crippen molar-refractivity contribution in [2.75, 3.05) is 13.7 Å². The molecule has 0 radical (unpaired) electrons. The van der Waals surface area contributed by atoms with Crippen molar-refractivity contribution in [3.05, 3.63) is 54.3 Å². The molecule has 0 amide bonds. The molecule has 0 bridgehead atoms. The summed E-state index contributed by atoms with van der Waals surface area (Å²) in [5.41, 5.74) is 1.21. The van der Waals surface area contributed by atoms with E-state index in [9.17, 15) is 4.79 Å². The van der Waals surface area contributed by atoms with E-state index in [0.717, 1.165) is 5.56 Å². The van der Waals surface area contributed by atoms with Crippen LogP contribution in [0.1, 0.15) is 12.0 Å². The average Bonchev–Trinajstić information content (AvgIpc) is 2.38. The standard InChI is InChI=1S/C9H10O.C5H8O3/c1-10-8-7-9-5-3-2-4-6-9;1-4(2-3-6)5(7)8/h2-8H,1H3;6H,1-3H2,(H,7,8). The van der Waals surface area contributed by atoms with E-state index in [2.05, 4.69) is 6.58 Å². The summed E-state index contributed by atoms with van der Waals surface area (Å²) in [5, 5.41) is 16.3. The molecule has 0 heterocycles. The van der Waals surface area contributed by atoms with Crippen molar-refractivity contribution >= 4 is 12.0 Å². The van der Waals surface area contributed by atoms with Gasteiger partial charge in [-0.25, -0.2) is 4.79 Å². The summed E-state index contributed by atoms with van der Waals surface area (Å²) in [7, 11) is 1.64. The first-order valence-corrected chi connectivity index (χ1v) is 5.38. The highest BCUT2D eigenvalue weighted by Gasteiger charge is 1.99. The normalized spacial score (nSPS) is 9.44. The summed E-state index contributed by atoms with van der Waals surface area (Å²) < 4.78 is 4.77. The van der Waals surface area contributed by atoms with Crippen molar-refractivity contribution in [1.82, 2.24) is 0 Å². The van der Waals surface area contributed by atoms with Gasteiger partial charge in [-0.1, -0.05) is 36.9 Å². The minimum absolute atomic E-state index is 0.0486. The van der Waals surface area contributed by atoms with Crippen LogP contribution in [-0.2, 0) is 9.53 Å². The predicted molar refractivity (Wildman–Crippen MR) is 71.0 cm³/mol. The Kier molecular flexibility index (Phi) is 8.95. The maximum Gasteiger partial charge on any atom is 0.331 e. The molecule has 0 saturated carbocycles. The molecule has 2 N–H and O–H groups in total. The third kappa shape index (κ3) is 8.13. The Balaban J connectivity index is 0.000000331. The van der Waals surface area contributed by atoms with Gasteiger partial charge in [0.05, 0.1) is 13.4 Å². The fourth-order valence-corrected chi connectivity index (χ4v) is 0.953. The van der Waals surface area contributed by atoms with Gasteiger partial charge in [0.1, 0.15) is 0 Å². The van der Waals surface area contributed by atoms with Crippen molar-refractivity contribution in [3.63, 3.8) is 0 Å². The predicted octanol–water partition coefficient (Wildman–Crippen LogP) is 2.31. The molecule has 1 aromatic carbocycles. The van der Waals surface area contributed by atoms with Crippen LogP contribution in [0.25, 0.3) is 6.08 Å². The number of hydrogen-bond donors (Lipinski definition) is 2. The topological polar surface area (TPSA) is 66.8 Å². The molecule has 0 saturated heterocycles. The molecule has 98 valence electrons. The van der Waals surface area contributed by atoms with Crippen LogP contribution < -0.4 is 0 Å². The van der Waals surface area contributed by atoms with E-state index in [1.54, 1.807) is 13.4 Å². The summed E-state index contributed by atoms with van der Waals surface area (Å²) in [5.74, 6) is -1.04. The summed E-state index contributed by atoms with van der Waals surface area (Å²) >= 11 is 0. The van der Waals surface area contributed by atoms with E-state index in [1.165, 1.54) is 0 Å². The zero-order valence-electron chi connectivity index (χ0n) is 10.4. The van der Waals surface area contributed by atoms with Gasteiger partial charge < -0.3 is 14.9 Å². The van der Waals surface area contributed by atoms with Crippen molar-refractivity contribution in [3.8, 4) is 0 Å². The lowest BCUT2D eigenvalue weighted by Crippen LogP contribution is -2.00. The van der Waals surface area contributed by atoms with Gasteiger partial charge >= 0.3 is 5.97 Å². The number of aliphatic hydroxyl groups excluding tert-OH is 1. The van der Waals surface area contributed by atoms with Crippen molar-refractivity contribution < 1.29 is 19.7 Å². The number of carbonyl (C=O) groups is 1. The highest BCUT2D eigenvalue weighted by atomic mass is 16.5. The molecular formula is C14H18O4. The molecule has 4 heteroatoms. The lowest BCUT2D eigenvalue weighted by molar-refractivity contribution is -0.132. The maximum atomic E-state index is 9.88. The highest BCUT2D eigenvalue weighted by Crippen LogP contribution is 1.99. The van der Waals surface area contributed by atoms with E-state index in [1.807, 2.05) is 36.4 Å². The van der Waals surface area contributed by atoms with E-state index >= 15 is 0 Å². The largest absolute Gasteiger partial charge is 0.504 e. The lowest BCUT2D eigenvalue weighted by Gasteiger charge is -1.91. The summed E-state index contributed by atoms with van der Waals surface area (Å²) in [6.45, 7) is 3.04. The SMILES string of the molecule is C=C(CCO)C(=O)O.COC=Cc1ccccc1. The number of ether oxygens (including phenoxy) is 1. The molecular weight excluding hydrogens is 232 g/mol. The van der Waals surface area contributed by atoms with Crippen LogP contribution in [-0.4, -0.2) is 29.9 Å². The molecule has 0 aromatic heterocycles. The molecule has 0 fully saturated rings. The minimum Gasteiger partial charge on any atom is -0.504 e. The molecule has 0 aliphatic heterocycles. The van der Waals surface area contributed by atoms with E-state index in [0.29, 0.717) is 0 Å². The van der Waals surface area contributed by atoms with Crippen LogP contribution in [0.15, 0.2) is 48.7 Å². The lowest BCUT2D eigenvalue weighted by atomic mass is 10.2. The van der Waals surface area contributed by atoms with Crippen molar-refractivity contribution in [1.29, 1.82) is 0 Å². The van der Waals surface area contributed by atoms with E-state index < -0.39 is 5.97 Å². The number of carboxylic acids is 1. The summed E-state index contributed by atoms with van der Waals surface area (Å²) in [6, 6.07) is 10.0. The second-order valence-corrected chi connectivity index (χ2v) is 3.33. The quantitative estimate of drug-likeness (QED) is 0.621. The maximum absolute atomic E-state index is 9.88. The Morgan fingerprint density at radius 2 is 2.00 bits per heavy atom. The molecule has 0 spiro atoms. The molecule has 4 nitrogen and oxygen atoms in total. The highest BCUT2D eigenvalue weighted by molar-refractivity contribution is 5.85. The van der Waals surface area contributed by atoms with E-state index in [-0.39, 0.29) is 18.6 Å². The average molecular weight is 250 g/mol. The second kappa shape index (κ2) is 10.1. The van der Waals surface area contributed by atoms with Gasteiger partial charge in [-0.15, -0.1) is 0 Å². The first-order valence-electron chi connectivity index (χ1n) is 5.38. The van der Waals surface area contributed by atoms with Gasteiger partial charge in [-0.3, -0.25) is 0 Å². The van der Waals surface area contributed by atoms with Crippen molar-refractivity contribution in [2.45, 2.75) is 6.42 Å². The first-order chi connectivity index (χ1) is 8.61. The van der Waals surface area contributed by atoms with E-state index in [4.69, 9.17) is 14.9 Å². The monoisotopic (exact) mass is 250 g/mol. The molecule has 1 rings (SSSR count). The van der Waals surface area contributed by atoms with Gasteiger partial charge in [0, 0.05) is 18.6 Å². The van der Waals surface area contributed by atoms with Gasteiger partial charge in [0.15, 0.2) is 0 Å². The summed E-state index contributed by atoms with van der Waals surface area (Å²) in [4.78, 5) is 9.88. The molecule has 0 atom stereocenters. The Morgan fingerprint density at radius 3 is 2.39 bits per heavy atom. The molecule has 1 aromatic rings. The molecule has 18 heavy (non-hydrogen) atoms. The number of aliphatic hydroxyl groups is 1. The number of aliphatic carboxylic acids is 1. The van der Waals surface area contributed by atoms with Crippen LogP contribution in [0.2, 0.25) is 0 Å². The molecule has 0 unspecified atom stereocenters. The minimum atomic E-state index is -1.04. The van der Waals surface area contributed by atoms with Crippen LogP contribution in [0.4, 0.5) is 0 Å². The fraction of sp³-hybridized carbons (Fsp3) is 0.214. The summed E-state index contributed by atoms with van der Waals surface area (Å²) in [6.07, 6.45) is 3.73. The van der Waals surface area contributed by atoms with Gasteiger partial charge in [-0.2, -0.15) is 0 Å². The van der Waals surface area contributed by atoms with Gasteiger partial charge in [0.2, 0.25) is 0 Å². The van der Waals surface area contributed by atoms with Crippen LogP contribution in [0.5, 0.6) is 0 Å². The molecule has 0 aliphatic rings. The van der Waals surface area contributed by atoms with Crippen LogP contribution >= 0.6 is 0 Å². The number of benzene rings is 1. The Bertz CT molecular complexity index is 382.